The van der Waals surface area contributed by atoms with Gasteiger partial charge in [-0.3, -0.25) is 9.59 Å². The van der Waals surface area contributed by atoms with Crippen molar-refractivity contribution in [2.75, 3.05) is 26.2 Å². The van der Waals surface area contributed by atoms with E-state index >= 15 is 0 Å². The van der Waals surface area contributed by atoms with Gasteiger partial charge in [-0.25, -0.2) is 0 Å². The molecule has 1 aliphatic rings. The number of ether oxygens (including phenoxy) is 1. The Morgan fingerprint density at radius 1 is 1.28 bits per heavy atom. The maximum Gasteiger partial charge on any atom is 0.222 e. The molecule has 0 radical (unpaired) electrons. The van der Waals surface area contributed by atoms with E-state index in [9.17, 15) is 9.59 Å². The number of ketones is 1. The first-order valence-corrected chi connectivity index (χ1v) is 9.35. The first-order valence-electron chi connectivity index (χ1n) is 9.35. The van der Waals surface area contributed by atoms with Gasteiger partial charge in [-0.15, -0.1) is 0 Å². The molecule has 1 N–H and O–H groups in total. The summed E-state index contributed by atoms with van der Waals surface area (Å²) in [7, 11) is 0. The van der Waals surface area contributed by atoms with Crippen molar-refractivity contribution in [1.29, 1.82) is 0 Å². The van der Waals surface area contributed by atoms with Gasteiger partial charge in [0, 0.05) is 24.6 Å². The fourth-order valence-corrected chi connectivity index (χ4v) is 3.23. The minimum Gasteiger partial charge on any atom is -0.494 e. The van der Waals surface area contributed by atoms with Crippen LogP contribution >= 0.6 is 0 Å². The van der Waals surface area contributed by atoms with Gasteiger partial charge in [0.2, 0.25) is 5.91 Å². The van der Waals surface area contributed by atoms with Gasteiger partial charge >= 0.3 is 0 Å². The van der Waals surface area contributed by atoms with Crippen LogP contribution in [-0.2, 0) is 4.79 Å². The molecule has 1 aliphatic heterocycles. The smallest absolute Gasteiger partial charge is 0.222 e. The summed E-state index contributed by atoms with van der Waals surface area (Å²) in [5.41, 5.74) is 0.647. The Kier molecular flexibility index (Phi) is 7.92. The Hall–Kier alpha value is -1.88. The van der Waals surface area contributed by atoms with Crippen LogP contribution in [0.15, 0.2) is 24.3 Å². The number of nitrogens with one attached hydrogen (secondary N) is 1. The third kappa shape index (κ3) is 6.16. The fourth-order valence-electron chi connectivity index (χ4n) is 3.23. The highest BCUT2D eigenvalue weighted by molar-refractivity contribution is 5.94. The summed E-state index contributed by atoms with van der Waals surface area (Å²) in [5.74, 6) is 0.941. The molecule has 0 unspecified atom stereocenters. The minimum absolute atomic E-state index is 0.0257. The van der Waals surface area contributed by atoms with Gasteiger partial charge in [0.15, 0.2) is 5.78 Å². The van der Waals surface area contributed by atoms with Gasteiger partial charge in [-0.2, -0.15) is 0 Å². The number of hydrogen-bond donors (Lipinski definition) is 1. The van der Waals surface area contributed by atoms with Crippen LogP contribution in [-0.4, -0.2) is 48.9 Å². The van der Waals surface area contributed by atoms with Crippen molar-refractivity contribution in [3.05, 3.63) is 29.8 Å². The highest BCUT2D eigenvalue weighted by atomic mass is 16.5. The predicted octanol–water partition coefficient (Wildman–Crippen LogP) is 3.04. The summed E-state index contributed by atoms with van der Waals surface area (Å²) >= 11 is 0. The SMILES string of the molecule is CCCN(C(=O)CCCOc1cccc(C(C)=O)c1)C1CCNCC1. The molecule has 1 aromatic carbocycles. The van der Waals surface area contributed by atoms with Crippen molar-refractivity contribution in [2.45, 2.75) is 52.0 Å². The highest BCUT2D eigenvalue weighted by Crippen LogP contribution is 2.16. The normalized spacial score (nSPS) is 15.0. The Morgan fingerprint density at radius 2 is 2.04 bits per heavy atom. The summed E-state index contributed by atoms with van der Waals surface area (Å²) < 4.78 is 5.70. The van der Waals surface area contributed by atoms with E-state index in [0.29, 0.717) is 36.8 Å². The van der Waals surface area contributed by atoms with Crippen molar-refractivity contribution in [2.24, 2.45) is 0 Å². The second kappa shape index (κ2) is 10.2. The molecule has 0 atom stereocenters. The fraction of sp³-hybridized carbons (Fsp3) is 0.600. The lowest BCUT2D eigenvalue weighted by atomic mass is 10.0. The largest absolute Gasteiger partial charge is 0.494 e. The molecule has 0 aromatic heterocycles. The van der Waals surface area contributed by atoms with Gasteiger partial charge in [0.1, 0.15) is 5.75 Å². The van der Waals surface area contributed by atoms with Gasteiger partial charge in [-0.05, 0) is 57.8 Å². The number of carbonyl (C=O) groups excluding carboxylic acids is 2. The lowest BCUT2D eigenvalue weighted by molar-refractivity contribution is -0.134. The molecular formula is C20H30N2O3. The van der Waals surface area contributed by atoms with Crippen molar-refractivity contribution in [1.82, 2.24) is 10.2 Å². The third-order valence-electron chi connectivity index (χ3n) is 4.58. The van der Waals surface area contributed by atoms with E-state index in [1.54, 1.807) is 19.1 Å². The molecule has 1 saturated heterocycles. The summed E-state index contributed by atoms with van der Waals surface area (Å²) in [6.45, 7) is 6.97. The summed E-state index contributed by atoms with van der Waals surface area (Å²) in [4.78, 5) is 26.1. The average molecular weight is 346 g/mol. The molecule has 0 bridgehead atoms. The van der Waals surface area contributed by atoms with Crippen LogP contribution in [0.2, 0.25) is 0 Å². The molecule has 1 fully saturated rings. The van der Waals surface area contributed by atoms with E-state index in [1.807, 2.05) is 12.1 Å². The zero-order chi connectivity index (χ0) is 18.1. The van der Waals surface area contributed by atoms with Crippen LogP contribution in [0.25, 0.3) is 0 Å². The molecule has 1 heterocycles. The lowest BCUT2D eigenvalue weighted by Crippen LogP contribution is -2.46. The maximum absolute atomic E-state index is 12.6. The molecule has 138 valence electrons. The molecule has 0 aliphatic carbocycles. The summed E-state index contributed by atoms with van der Waals surface area (Å²) in [6.07, 6.45) is 4.27. The molecular weight excluding hydrogens is 316 g/mol. The summed E-state index contributed by atoms with van der Waals surface area (Å²) in [5, 5.41) is 3.35. The Bertz CT molecular complexity index is 568. The lowest BCUT2D eigenvalue weighted by Gasteiger charge is -2.34. The van der Waals surface area contributed by atoms with E-state index < -0.39 is 0 Å². The Balaban J connectivity index is 1.78. The molecule has 5 heteroatoms. The highest BCUT2D eigenvalue weighted by Gasteiger charge is 2.24. The van der Waals surface area contributed by atoms with Crippen LogP contribution in [0.1, 0.15) is 56.3 Å². The zero-order valence-electron chi connectivity index (χ0n) is 15.4. The van der Waals surface area contributed by atoms with Crippen LogP contribution in [0.4, 0.5) is 0 Å². The van der Waals surface area contributed by atoms with Crippen LogP contribution in [0.5, 0.6) is 5.75 Å². The number of hydrogen-bond acceptors (Lipinski definition) is 4. The zero-order valence-corrected chi connectivity index (χ0v) is 15.4. The van der Waals surface area contributed by atoms with Gasteiger partial charge in [0.05, 0.1) is 6.61 Å². The molecule has 1 amide bonds. The molecule has 0 spiro atoms. The monoisotopic (exact) mass is 346 g/mol. The Labute approximate surface area is 150 Å². The number of Topliss-reactive ketones (excluding diaryl/α,β-unsaturated/α-hetero) is 1. The van der Waals surface area contributed by atoms with E-state index in [2.05, 4.69) is 17.1 Å². The molecule has 1 aromatic rings. The molecule has 5 nitrogen and oxygen atoms in total. The van der Waals surface area contributed by atoms with E-state index in [4.69, 9.17) is 4.74 Å². The topological polar surface area (TPSA) is 58.6 Å². The van der Waals surface area contributed by atoms with Crippen LogP contribution in [0, 0.1) is 0 Å². The van der Waals surface area contributed by atoms with E-state index in [-0.39, 0.29) is 11.7 Å². The molecule has 2 rings (SSSR count). The number of rotatable bonds is 9. The van der Waals surface area contributed by atoms with Crippen molar-refractivity contribution in [3.8, 4) is 5.75 Å². The predicted molar refractivity (Wildman–Crippen MR) is 99.1 cm³/mol. The number of amides is 1. The second-order valence-corrected chi connectivity index (χ2v) is 6.60. The van der Waals surface area contributed by atoms with E-state index in [1.165, 1.54) is 0 Å². The molecule has 25 heavy (non-hydrogen) atoms. The number of nitrogens with zero attached hydrogens (tertiary/aromatic N) is 1. The maximum atomic E-state index is 12.6. The van der Waals surface area contributed by atoms with Gasteiger partial charge in [-0.1, -0.05) is 19.1 Å². The first-order chi connectivity index (χ1) is 12.1. The van der Waals surface area contributed by atoms with Crippen molar-refractivity contribution in [3.63, 3.8) is 0 Å². The standard InChI is InChI=1S/C20H30N2O3/c1-3-13-22(18-9-11-21-12-10-18)20(24)8-5-14-25-19-7-4-6-17(15-19)16(2)23/h4,6-7,15,18,21H,3,5,8-14H2,1-2H3. The van der Waals surface area contributed by atoms with Gasteiger partial charge < -0.3 is 15.0 Å². The van der Waals surface area contributed by atoms with Crippen LogP contribution in [0.3, 0.4) is 0 Å². The first kappa shape index (κ1) is 19.4. The van der Waals surface area contributed by atoms with Gasteiger partial charge in [0.25, 0.3) is 0 Å². The minimum atomic E-state index is 0.0257. The number of piperidine rings is 1. The average Bonchev–Trinajstić information content (AvgIpc) is 2.64. The second-order valence-electron chi connectivity index (χ2n) is 6.60. The van der Waals surface area contributed by atoms with Crippen molar-refractivity contribution < 1.29 is 14.3 Å². The number of carbonyl (C=O) groups is 2. The third-order valence-corrected chi connectivity index (χ3v) is 4.58. The van der Waals surface area contributed by atoms with Crippen LogP contribution < -0.4 is 10.1 Å². The Morgan fingerprint density at radius 3 is 2.72 bits per heavy atom. The number of benzene rings is 1. The molecule has 0 saturated carbocycles. The quantitative estimate of drug-likeness (QED) is 0.551. The summed E-state index contributed by atoms with van der Waals surface area (Å²) in [6, 6.07) is 7.56. The van der Waals surface area contributed by atoms with Crippen molar-refractivity contribution >= 4 is 11.7 Å². The van der Waals surface area contributed by atoms with E-state index in [0.717, 1.165) is 38.9 Å².